The van der Waals surface area contributed by atoms with Gasteiger partial charge in [0.15, 0.2) is 0 Å². The van der Waals surface area contributed by atoms with Gasteiger partial charge in [-0.05, 0) is 24.3 Å². The van der Waals surface area contributed by atoms with Crippen LogP contribution in [-0.2, 0) is 0 Å². The number of para-hydroxylation sites is 2. The average molecular weight is 374 g/mol. The molecule has 2 rings (SSSR count). The second kappa shape index (κ2) is 7.77. The Morgan fingerprint density at radius 1 is 1.04 bits per heavy atom. The highest BCUT2D eigenvalue weighted by molar-refractivity contribution is 6.68. The third kappa shape index (κ3) is 4.93. The molecule has 0 bridgehead atoms. The molecule has 0 aliphatic carbocycles. The van der Waals surface area contributed by atoms with Crippen LogP contribution in [0, 0.1) is 0 Å². The van der Waals surface area contributed by atoms with E-state index >= 15 is 0 Å². The standard InChI is InChI=1S/C16H15Cl3N2O2/c1-23-13-10-6-5-9-12(13)14(22)21-15(16(17,18)19)20-11-7-3-2-4-8-11/h2-10,15,20H,1H3,(H,21,22)/t15-/m1/s1. The van der Waals surface area contributed by atoms with Crippen molar-refractivity contribution in [3.8, 4) is 5.75 Å². The summed E-state index contributed by atoms with van der Waals surface area (Å²) in [6, 6.07) is 16.0. The summed E-state index contributed by atoms with van der Waals surface area (Å²) in [7, 11) is 1.49. The Morgan fingerprint density at radius 2 is 1.65 bits per heavy atom. The van der Waals surface area contributed by atoms with Gasteiger partial charge in [-0.1, -0.05) is 65.1 Å². The van der Waals surface area contributed by atoms with Gasteiger partial charge in [0.1, 0.15) is 11.9 Å². The quantitative estimate of drug-likeness (QED) is 0.609. The number of alkyl halides is 3. The first-order chi connectivity index (χ1) is 10.9. The van der Waals surface area contributed by atoms with Crippen LogP contribution in [0.5, 0.6) is 5.75 Å². The number of hydrogen-bond acceptors (Lipinski definition) is 3. The van der Waals surface area contributed by atoms with Crippen molar-refractivity contribution < 1.29 is 9.53 Å². The monoisotopic (exact) mass is 372 g/mol. The van der Waals surface area contributed by atoms with Gasteiger partial charge >= 0.3 is 0 Å². The second-order valence-corrected chi connectivity index (χ2v) is 7.03. The summed E-state index contributed by atoms with van der Waals surface area (Å²) in [6.45, 7) is 0. The third-order valence-corrected chi connectivity index (χ3v) is 3.69. The second-order valence-electron chi connectivity index (χ2n) is 4.66. The fourth-order valence-corrected chi connectivity index (χ4v) is 2.27. The summed E-state index contributed by atoms with van der Waals surface area (Å²) in [6.07, 6.45) is -0.924. The highest BCUT2D eigenvalue weighted by atomic mass is 35.6. The Balaban J connectivity index is 2.19. The average Bonchev–Trinajstić information content (AvgIpc) is 2.54. The number of benzene rings is 2. The Labute approximate surface area is 149 Å². The van der Waals surface area contributed by atoms with Gasteiger partial charge in [0.05, 0.1) is 12.7 Å². The zero-order valence-corrected chi connectivity index (χ0v) is 14.5. The molecule has 0 fully saturated rings. The molecule has 0 saturated carbocycles. The maximum Gasteiger partial charge on any atom is 0.256 e. The summed E-state index contributed by atoms with van der Waals surface area (Å²) < 4.78 is 3.43. The lowest BCUT2D eigenvalue weighted by Gasteiger charge is -2.27. The van der Waals surface area contributed by atoms with Gasteiger partial charge in [-0.15, -0.1) is 0 Å². The van der Waals surface area contributed by atoms with Crippen LogP contribution >= 0.6 is 34.8 Å². The number of nitrogens with one attached hydrogen (secondary N) is 2. The first-order valence-electron chi connectivity index (χ1n) is 6.74. The summed E-state index contributed by atoms with van der Waals surface area (Å²) in [5.74, 6) is 0.0231. The molecule has 7 heteroatoms. The van der Waals surface area contributed by atoms with E-state index in [2.05, 4.69) is 10.6 Å². The van der Waals surface area contributed by atoms with E-state index in [-0.39, 0.29) is 0 Å². The van der Waals surface area contributed by atoms with Gasteiger partial charge in [0.2, 0.25) is 3.79 Å². The van der Waals surface area contributed by atoms with E-state index in [9.17, 15) is 4.79 Å². The van der Waals surface area contributed by atoms with Crippen molar-refractivity contribution >= 4 is 46.4 Å². The van der Waals surface area contributed by atoms with E-state index in [0.717, 1.165) is 0 Å². The maximum absolute atomic E-state index is 12.5. The molecule has 122 valence electrons. The minimum absolute atomic E-state index is 0.351. The van der Waals surface area contributed by atoms with Gasteiger partial charge in [-0.3, -0.25) is 4.79 Å². The van der Waals surface area contributed by atoms with Crippen molar-refractivity contribution in [2.24, 2.45) is 0 Å². The van der Waals surface area contributed by atoms with Crippen LogP contribution in [0.2, 0.25) is 0 Å². The number of carbonyl (C=O) groups excluding carboxylic acids is 1. The van der Waals surface area contributed by atoms with Crippen LogP contribution in [0.4, 0.5) is 5.69 Å². The first-order valence-corrected chi connectivity index (χ1v) is 7.87. The van der Waals surface area contributed by atoms with Gasteiger partial charge in [-0.25, -0.2) is 0 Å². The smallest absolute Gasteiger partial charge is 0.256 e. The SMILES string of the molecule is COc1ccccc1C(=O)N[C@@H](Nc1ccccc1)C(Cl)(Cl)Cl. The Morgan fingerprint density at radius 3 is 2.26 bits per heavy atom. The zero-order chi connectivity index (χ0) is 16.9. The molecule has 23 heavy (non-hydrogen) atoms. The molecule has 4 nitrogen and oxygen atoms in total. The van der Waals surface area contributed by atoms with Gasteiger partial charge in [0.25, 0.3) is 5.91 Å². The highest BCUT2D eigenvalue weighted by Crippen LogP contribution is 2.31. The molecular weight excluding hydrogens is 359 g/mol. The zero-order valence-electron chi connectivity index (χ0n) is 12.2. The molecule has 1 atom stereocenters. The lowest BCUT2D eigenvalue weighted by Crippen LogP contribution is -2.49. The minimum atomic E-state index is -1.74. The molecular formula is C16H15Cl3N2O2. The molecule has 0 unspecified atom stereocenters. The van der Waals surface area contributed by atoms with Crippen LogP contribution < -0.4 is 15.4 Å². The number of rotatable bonds is 5. The van der Waals surface area contributed by atoms with Crippen LogP contribution in [0.25, 0.3) is 0 Å². The number of halogens is 3. The predicted octanol–water partition coefficient (Wildman–Crippen LogP) is 4.23. The van der Waals surface area contributed by atoms with Gasteiger partial charge in [0, 0.05) is 5.69 Å². The summed E-state index contributed by atoms with van der Waals surface area (Å²) >= 11 is 17.9. The Bertz CT molecular complexity index is 660. The summed E-state index contributed by atoms with van der Waals surface area (Å²) in [5.41, 5.74) is 1.06. The third-order valence-electron chi connectivity index (χ3n) is 3.04. The van der Waals surface area contributed by atoms with Crippen LogP contribution in [0.15, 0.2) is 54.6 Å². The molecule has 0 aliphatic rings. The van der Waals surface area contributed by atoms with Crippen molar-refractivity contribution in [3.05, 3.63) is 60.2 Å². The molecule has 0 radical (unpaired) electrons. The lowest BCUT2D eigenvalue weighted by molar-refractivity contribution is 0.0939. The number of anilines is 1. The molecule has 2 N–H and O–H groups in total. The van der Waals surface area contributed by atoms with E-state index in [1.807, 2.05) is 18.2 Å². The van der Waals surface area contributed by atoms with E-state index in [1.54, 1.807) is 36.4 Å². The largest absolute Gasteiger partial charge is 0.496 e. The van der Waals surface area contributed by atoms with Crippen LogP contribution in [0.3, 0.4) is 0 Å². The molecule has 0 heterocycles. The Hall–Kier alpha value is -1.62. The highest BCUT2D eigenvalue weighted by Gasteiger charge is 2.34. The molecule has 1 amide bonds. The maximum atomic E-state index is 12.5. The predicted molar refractivity (Wildman–Crippen MR) is 94.6 cm³/mol. The molecule has 0 aromatic heterocycles. The lowest BCUT2D eigenvalue weighted by atomic mass is 10.2. The molecule has 2 aromatic carbocycles. The first kappa shape index (κ1) is 17.7. The fourth-order valence-electron chi connectivity index (χ4n) is 1.94. The van der Waals surface area contributed by atoms with E-state index in [1.165, 1.54) is 7.11 Å². The fraction of sp³-hybridized carbons (Fsp3) is 0.188. The number of ether oxygens (including phenoxy) is 1. The number of methoxy groups -OCH3 is 1. The number of amides is 1. The van der Waals surface area contributed by atoms with Crippen molar-refractivity contribution in [1.29, 1.82) is 0 Å². The van der Waals surface area contributed by atoms with Crippen LogP contribution in [0.1, 0.15) is 10.4 Å². The van der Waals surface area contributed by atoms with E-state index in [4.69, 9.17) is 39.5 Å². The van der Waals surface area contributed by atoms with Crippen molar-refractivity contribution in [2.75, 3.05) is 12.4 Å². The summed E-state index contributed by atoms with van der Waals surface area (Å²) in [5, 5.41) is 5.66. The Kier molecular flexibility index (Phi) is 5.99. The normalized spacial score (nSPS) is 12.3. The van der Waals surface area contributed by atoms with Gasteiger partial charge in [-0.2, -0.15) is 0 Å². The van der Waals surface area contributed by atoms with Crippen LogP contribution in [-0.4, -0.2) is 23.0 Å². The topological polar surface area (TPSA) is 50.4 Å². The van der Waals surface area contributed by atoms with Crippen molar-refractivity contribution in [3.63, 3.8) is 0 Å². The van der Waals surface area contributed by atoms with Crippen molar-refractivity contribution in [2.45, 2.75) is 9.96 Å². The summed E-state index contributed by atoms with van der Waals surface area (Å²) in [4.78, 5) is 12.5. The number of carbonyl (C=O) groups is 1. The molecule has 2 aromatic rings. The van der Waals surface area contributed by atoms with E-state index in [0.29, 0.717) is 17.0 Å². The minimum Gasteiger partial charge on any atom is -0.496 e. The number of hydrogen-bond donors (Lipinski definition) is 2. The van der Waals surface area contributed by atoms with Crippen molar-refractivity contribution in [1.82, 2.24) is 5.32 Å². The van der Waals surface area contributed by atoms with Gasteiger partial charge < -0.3 is 15.4 Å². The molecule has 0 saturated heterocycles. The molecule has 0 spiro atoms. The molecule has 0 aliphatic heterocycles. The van der Waals surface area contributed by atoms with E-state index < -0.39 is 15.9 Å².